The third-order valence-electron chi connectivity index (χ3n) is 3.59. The predicted octanol–water partition coefficient (Wildman–Crippen LogP) is 3.07. The summed E-state index contributed by atoms with van der Waals surface area (Å²) in [4.78, 5) is 2.22. The van der Waals surface area contributed by atoms with Gasteiger partial charge in [0.1, 0.15) is 11.6 Å². The zero-order valence-corrected chi connectivity index (χ0v) is 11.7. The van der Waals surface area contributed by atoms with E-state index < -0.39 is 0 Å². The fraction of sp³-hybridized carbons (Fsp3) is 0.333. The van der Waals surface area contributed by atoms with E-state index in [0.29, 0.717) is 10.6 Å². The average molecular weight is 295 g/mol. The maximum absolute atomic E-state index is 14.3. The van der Waals surface area contributed by atoms with Crippen LogP contribution < -0.4 is 5.32 Å². The van der Waals surface area contributed by atoms with Gasteiger partial charge in [0.15, 0.2) is 0 Å². The van der Waals surface area contributed by atoms with Crippen LogP contribution in [0.3, 0.4) is 0 Å². The number of hydrogen-bond acceptors (Lipinski definition) is 3. The molecule has 2 aromatic rings. The van der Waals surface area contributed by atoms with Gasteiger partial charge in [-0.1, -0.05) is 17.7 Å². The van der Waals surface area contributed by atoms with Crippen LogP contribution in [0, 0.1) is 5.82 Å². The van der Waals surface area contributed by atoms with Crippen LogP contribution in [0.15, 0.2) is 41.0 Å². The van der Waals surface area contributed by atoms with E-state index in [1.807, 2.05) is 12.1 Å². The number of nitrogens with zero attached hydrogens (tertiary/aromatic N) is 1. The molecular formula is C15H16ClFN2O. The maximum Gasteiger partial charge on any atom is 0.129 e. The SMILES string of the molecule is Fc1cc(Cl)ccc1[C@@H](c1ccco1)N1CCNCC1. The molecule has 1 aromatic carbocycles. The zero-order chi connectivity index (χ0) is 13.9. The third-order valence-corrected chi connectivity index (χ3v) is 3.82. The van der Waals surface area contributed by atoms with E-state index >= 15 is 0 Å². The van der Waals surface area contributed by atoms with Crippen molar-refractivity contribution in [3.63, 3.8) is 0 Å². The molecule has 1 atom stereocenters. The van der Waals surface area contributed by atoms with Gasteiger partial charge < -0.3 is 9.73 Å². The summed E-state index contributed by atoms with van der Waals surface area (Å²) >= 11 is 5.85. The number of benzene rings is 1. The second kappa shape index (κ2) is 5.95. The molecular weight excluding hydrogens is 279 g/mol. The Balaban J connectivity index is 2.00. The first-order valence-corrected chi connectivity index (χ1v) is 7.06. The zero-order valence-electron chi connectivity index (χ0n) is 11.0. The summed E-state index contributed by atoms with van der Waals surface area (Å²) in [6.07, 6.45) is 1.62. The molecule has 3 rings (SSSR count). The Morgan fingerprint density at radius 3 is 2.70 bits per heavy atom. The van der Waals surface area contributed by atoms with E-state index in [0.717, 1.165) is 31.9 Å². The quantitative estimate of drug-likeness (QED) is 0.943. The van der Waals surface area contributed by atoms with Crippen molar-refractivity contribution in [2.75, 3.05) is 26.2 Å². The summed E-state index contributed by atoms with van der Waals surface area (Å²) < 4.78 is 19.8. The highest BCUT2D eigenvalue weighted by molar-refractivity contribution is 6.30. The van der Waals surface area contributed by atoms with Gasteiger partial charge in [0, 0.05) is 36.8 Å². The van der Waals surface area contributed by atoms with Crippen LogP contribution in [0.5, 0.6) is 0 Å². The third kappa shape index (κ3) is 2.73. The number of rotatable bonds is 3. The van der Waals surface area contributed by atoms with Crippen LogP contribution >= 0.6 is 11.6 Å². The van der Waals surface area contributed by atoms with E-state index in [1.54, 1.807) is 18.4 Å². The molecule has 1 saturated heterocycles. The van der Waals surface area contributed by atoms with Crippen molar-refractivity contribution in [3.8, 4) is 0 Å². The number of furan rings is 1. The molecule has 0 radical (unpaired) electrons. The van der Waals surface area contributed by atoms with Gasteiger partial charge in [-0.25, -0.2) is 4.39 Å². The molecule has 106 valence electrons. The fourth-order valence-corrected chi connectivity index (χ4v) is 2.80. The molecule has 1 N–H and O–H groups in total. The molecule has 1 aliphatic heterocycles. The number of halogens is 2. The molecule has 0 spiro atoms. The second-order valence-electron chi connectivity index (χ2n) is 4.87. The molecule has 5 heteroatoms. The standard InChI is InChI=1S/C15H16ClFN2O/c16-11-3-4-12(13(17)10-11)15(14-2-1-9-20-14)19-7-5-18-6-8-19/h1-4,9-10,15,18H,5-8H2/t15-/m0/s1. The topological polar surface area (TPSA) is 28.4 Å². The molecule has 3 nitrogen and oxygen atoms in total. The van der Waals surface area contributed by atoms with Crippen molar-refractivity contribution < 1.29 is 8.81 Å². The van der Waals surface area contributed by atoms with Crippen LogP contribution in [-0.2, 0) is 0 Å². The highest BCUT2D eigenvalue weighted by atomic mass is 35.5. The molecule has 0 amide bonds. The summed E-state index contributed by atoms with van der Waals surface area (Å²) in [6, 6.07) is 8.34. The average Bonchev–Trinajstić information content (AvgIpc) is 2.97. The van der Waals surface area contributed by atoms with Crippen LogP contribution in [0.4, 0.5) is 4.39 Å². The van der Waals surface area contributed by atoms with Gasteiger partial charge in [-0.2, -0.15) is 0 Å². The first-order chi connectivity index (χ1) is 9.75. The molecule has 0 unspecified atom stereocenters. The molecule has 0 bridgehead atoms. The lowest BCUT2D eigenvalue weighted by atomic mass is 10.0. The van der Waals surface area contributed by atoms with Crippen molar-refractivity contribution >= 4 is 11.6 Å². The molecule has 20 heavy (non-hydrogen) atoms. The lowest BCUT2D eigenvalue weighted by Crippen LogP contribution is -2.45. The molecule has 0 saturated carbocycles. The van der Waals surface area contributed by atoms with Gasteiger partial charge in [0.25, 0.3) is 0 Å². The van der Waals surface area contributed by atoms with Gasteiger partial charge in [-0.05, 0) is 24.3 Å². The lowest BCUT2D eigenvalue weighted by Gasteiger charge is -2.34. The molecule has 0 aliphatic carbocycles. The number of piperazine rings is 1. The Morgan fingerprint density at radius 2 is 2.05 bits per heavy atom. The Hall–Kier alpha value is -1.36. The highest BCUT2D eigenvalue weighted by Crippen LogP contribution is 2.32. The van der Waals surface area contributed by atoms with Gasteiger partial charge >= 0.3 is 0 Å². The Labute approximate surface area is 122 Å². The van der Waals surface area contributed by atoms with E-state index in [1.165, 1.54) is 6.07 Å². The lowest BCUT2D eigenvalue weighted by molar-refractivity contribution is 0.177. The van der Waals surface area contributed by atoms with Gasteiger partial charge in [0.05, 0.1) is 12.3 Å². The van der Waals surface area contributed by atoms with E-state index in [2.05, 4.69) is 10.2 Å². The van der Waals surface area contributed by atoms with Crippen molar-refractivity contribution in [2.45, 2.75) is 6.04 Å². The summed E-state index contributed by atoms with van der Waals surface area (Å²) in [7, 11) is 0. The van der Waals surface area contributed by atoms with Gasteiger partial charge in [-0.15, -0.1) is 0 Å². The monoisotopic (exact) mass is 294 g/mol. The summed E-state index contributed by atoms with van der Waals surface area (Å²) in [5.41, 5.74) is 0.603. The predicted molar refractivity (Wildman–Crippen MR) is 76.4 cm³/mol. The largest absolute Gasteiger partial charge is 0.467 e. The minimum absolute atomic E-state index is 0.204. The Bertz CT molecular complexity index is 567. The highest BCUT2D eigenvalue weighted by Gasteiger charge is 2.28. The van der Waals surface area contributed by atoms with Gasteiger partial charge in [-0.3, -0.25) is 4.90 Å². The Kier molecular flexibility index (Phi) is 4.05. The van der Waals surface area contributed by atoms with E-state index in [-0.39, 0.29) is 11.9 Å². The van der Waals surface area contributed by atoms with E-state index in [4.69, 9.17) is 16.0 Å². The minimum Gasteiger partial charge on any atom is -0.467 e. The first kappa shape index (κ1) is 13.6. The van der Waals surface area contributed by atoms with Crippen molar-refractivity contribution in [1.82, 2.24) is 10.2 Å². The summed E-state index contributed by atoms with van der Waals surface area (Å²) in [5.74, 6) is 0.463. The fourth-order valence-electron chi connectivity index (χ4n) is 2.64. The van der Waals surface area contributed by atoms with E-state index in [9.17, 15) is 4.39 Å². The smallest absolute Gasteiger partial charge is 0.129 e. The molecule has 2 heterocycles. The van der Waals surface area contributed by atoms with Crippen molar-refractivity contribution in [2.24, 2.45) is 0 Å². The van der Waals surface area contributed by atoms with Crippen LogP contribution in [0.1, 0.15) is 17.4 Å². The number of hydrogen-bond donors (Lipinski definition) is 1. The summed E-state index contributed by atoms with van der Waals surface area (Å²) in [6.45, 7) is 3.50. The normalized spacial score (nSPS) is 18.1. The van der Waals surface area contributed by atoms with Crippen LogP contribution in [-0.4, -0.2) is 31.1 Å². The summed E-state index contributed by atoms with van der Waals surface area (Å²) in [5, 5.41) is 3.71. The Morgan fingerprint density at radius 1 is 1.25 bits per heavy atom. The van der Waals surface area contributed by atoms with Crippen LogP contribution in [0.25, 0.3) is 0 Å². The first-order valence-electron chi connectivity index (χ1n) is 6.69. The second-order valence-corrected chi connectivity index (χ2v) is 5.31. The van der Waals surface area contributed by atoms with Gasteiger partial charge in [0.2, 0.25) is 0 Å². The van der Waals surface area contributed by atoms with Crippen molar-refractivity contribution in [3.05, 3.63) is 58.8 Å². The molecule has 1 aliphatic rings. The maximum atomic E-state index is 14.3. The minimum atomic E-state index is -0.294. The van der Waals surface area contributed by atoms with Crippen LogP contribution in [0.2, 0.25) is 5.02 Å². The van der Waals surface area contributed by atoms with Crippen molar-refractivity contribution in [1.29, 1.82) is 0 Å². The molecule has 1 aromatic heterocycles. The number of nitrogens with one attached hydrogen (secondary N) is 1. The molecule has 1 fully saturated rings.